The summed E-state index contributed by atoms with van der Waals surface area (Å²) in [6.45, 7) is 2.25. The van der Waals surface area contributed by atoms with Gasteiger partial charge in [0.25, 0.3) is 5.91 Å². The van der Waals surface area contributed by atoms with Crippen molar-refractivity contribution in [2.45, 2.75) is 26.3 Å². The van der Waals surface area contributed by atoms with Crippen LogP contribution in [0.1, 0.15) is 31.8 Å². The highest BCUT2D eigenvalue weighted by Gasteiger charge is 2.15. The Labute approximate surface area is 138 Å². The molecule has 1 N–H and O–H groups in total. The van der Waals surface area contributed by atoms with Crippen LogP contribution in [-0.4, -0.2) is 15.9 Å². The lowest BCUT2D eigenvalue weighted by atomic mass is 10.2. The lowest BCUT2D eigenvalue weighted by molar-refractivity contribution is 0.0951. The van der Waals surface area contributed by atoms with Gasteiger partial charge in [-0.1, -0.05) is 6.07 Å². The molecule has 23 heavy (non-hydrogen) atoms. The van der Waals surface area contributed by atoms with Crippen LogP contribution in [0.15, 0.2) is 47.2 Å². The Morgan fingerprint density at radius 1 is 1.26 bits per heavy atom. The zero-order chi connectivity index (χ0) is 16.1. The van der Waals surface area contributed by atoms with Crippen LogP contribution in [0.25, 0.3) is 0 Å². The summed E-state index contributed by atoms with van der Waals surface area (Å²) in [5.41, 5.74) is 1.80. The molecule has 0 aliphatic carbocycles. The van der Waals surface area contributed by atoms with Crippen LogP contribution in [0.4, 0.5) is 0 Å². The summed E-state index contributed by atoms with van der Waals surface area (Å²) in [7, 11) is 0. The molecule has 0 saturated carbocycles. The number of aromatic nitrogens is 2. The van der Waals surface area contributed by atoms with E-state index in [0.717, 1.165) is 35.0 Å². The molecular formula is C17H17N3O2S. The Morgan fingerprint density at radius 2 is 2.17 bits per heavy atom. The van der Waals surface area contributed by atoms with Gasteiger partial charge >= 0.3 is 0 Å². The Hall–Kier alpha value is -2.47. The minimum absolute atomic E-state index is 0.111. The van der Waals surface area contributed by atoms with E-state index in [1.807, 2.05) is 31.2 Å². The first-order chi connectivity index (χ1) is 11.2. The molecule has 0 aromatic carbocycles. The van der Waals surface area contributed by atoms with Gasteiger partial charge < -0.3 is 9.73 Å². The van der Waals surface area contributed by atoms with E-state index in [2.05, 4.69) is 15.3 Å². The molecule has 3 rings (SSSR count). The van der Waals surface area contributed by atoms with Crippen molar-refractivity contribution >= 4 is 17.2 Å². The number of carbonyl (C=O) groups is 1. The Kier molecular flexibility index (Phi) is 4.83. The number of nitrogens with one attached hydrogen (secondary N) is 1. The Bertz CT molecular complexity index is 767. The van der Waals surface area contributed by atoms with Crippen LogP contribution in [-0.2, 0) is 19.4 Å². The quantitative estimate of drug-likeness (QED) is 0.755. The molecule has 0 radical (unpaired) electrons. The molecule has 3 aromatic heterocycles. The second kappa shape index (κ2) is 7.19. The van der Waals surface area contributed by atoms with Crippen LogP contribution in [0.3, 0.4) is 0 Å². The average Bonchev–Trinajstić information content (AvgIpc) is 3.21. The third-order valence-electron chi connectivity index (χ3n) is 3.37. The first kappa shape index (κ1) is 15.4. The molecule has 0 bridgehead atoms. The number of aryl methyl sites for hydroxylation is 3. The first-order valence-corrected chi connectivity index (χ1v) is 8.21. The number of hydrogen-bond acceptors (Lipinski definition) is 5. The fourth-order valence-electron chi connectivity index (χ4n) is 2.21. The summed E-state index contributed by atoms with van der Waals surface area (Å²) >= 11 is 1.44. The number of amides is 1. The van der Waals surface area contributed by atoms with Crippen molar-refractivity contribution in [3.8, 4) is 0 Å². The van der Waals surface area contributed by atoms with Gasteiger partial charge in [-0.25, -0.2) is 4.98 Å². The SMILES string of the molecule is Cc1nc(CCc2ccccn2)sc1C(=O)NCc1ccco1. The molecule has 0 spiro atoms. The Morgan fingerprint density at radius 3 is 2.91 bits per heavy atom. The second-order valence-electron chi connectivity index (χ2n) is 5.11. The number of thiazole rings is 1. The number of rotatable bonds is 6. The zero-order valence-corrected chi connectivity index (χ0v) is 13.6. The van der Waals surface area contributed by atoms with Crippen molar-refractivity contribution in [1.82, 2.24) is 15.3 Å². The van der Waals surface area contributed by atoms with E-state index in [4.69, 9.17) is 4.42 Å². The van der Waals surface area contributed by atoms with Crippen molar-refractivity contribution in [2.24, 2.45) is 0 Å². The van der Waals surface area contributed by atoms with Gasteiger partial charge in [0.1, 0.15) is 10.6 Å². The smallest absolute Gasteiger partial charge is 0.263 e. The van der Waals surface area contributed by atoms with Crippen molar-refractivity contribution < 1.29 is 9.21 Å². The van der Waals surface area contributed by atoms with Gasteiger partial charge in [0, 0.05) is 18.3 Å². The molecule has 0 unspecified atom stereocenters. The monoisotopic (exact) mass is 327 g/mol. The lowest BCUT2D eigenvalue weighted by Crippen LogP contribution is -2.22. The summed E-state index contributed by atoms with van der Waals surface area (Å²) in [5, 5.41) is 3.81. The van der Waals surface area contributed by atoms with Gasteiger partial charge in [-0.05, 0) is 37.6 Å². The van der Waals surface area contributed by atoms with Crippen LogP contribution < -0.4 is 5.32 Å². The van der Waals surface area contributed by atoms with E-state index in [0.29, 0.717) is 11.4 Å². The predicted octanol–water partition coefficient (Wildman–Crippen LogP) is 3.15. The highest BCUT2D eigenvalue weighted by atomic mass is 32.1. The maximum Gasteiger partial charge on any atom is 0.263 e. The largest absolute Gasteiger partial charge is 0.467 e. The summed E-state index contributed by atoms with van der Waals surface area (Å²) in [6.07, 6.45) is 4.99. The topological polar surface area (TPSA) is 68.0 Å². The molecule has 5 nitrogen and oxygen atoms in total. The van der Waals surface area contributed by atoms with Gasteiger partial charge in [0.15, 0.2) is 0 Å². The van der Waals surface area contributed by atoms with Crippen molar-refractivity contribution in [3.63, 3.8) is 0 Å². The maximum atomic E-state index is 12.3. The van der Waals surface area contributed by atoms with Crippen LogP contribution in [0.2, 0.25) is 0 Å². The fraction of sp³-hybridized carbons (Fsp3) is 0.235. The van der Waals surface area contributed by atoms with E-state index in [-0.39, 0.29) is 5.91 Å². The molecule has 0 saturated heterocycles. The van der Waals surface area contributed by atoms with E-state index < -0.39 is 0 Å². The fourth-order valence-corrected chi connectivity index (χ4v) is 3.19. The molecule has 0 aliphatic rings. The zero-order valence-electron chi connectivity index (χ0n) is 12.8. The van der Waals surface area contributed by atoms with Gasteiger partial charge in [0.05, 0.1) is 23.5 Å². The van der Waals surface area contributed by atoms with Gasteiger partial charge in [-0.3, -0.25) is 9.78 Å². The second-order valence-corrected chi connectivity index (χ2v) is 6.19. The molecule has 0 atom stereocenters. The van der Waals surface area contributed by atoms with E-state index in [1.54, 1.807) is 18.5 Å². The molecule has 6 heteroatoms. The number of carbonyl (C=O) groups excluding carboxylic acids is 1. The maximum absolute atomic E-state index is 12.3. The lowest BCUT2D eigenvalue weighted by Gasteiger charge is -2.01. The average molecular weight is 327 g/mol. The molecular weight excluding hydrogens is 310 g/mol. The molecule has 0 aliphatic heterocycles. The molecule has 1 amide bonds. The summed E-state index contributed by atoms with van der Waals surface area (Å²) in [6, 6.07) is 9.51. The standard InChI is InChI=1S/C17H17N3O2S/c1-12-16(17(21)19-11-14-6-4-10-22-14)23-15(20-12)8-7-13-5-2-3-9-18-13/h2-6,9-10H,7-8,11H2,1H3,(H,19,21). The predicted molar refractivity (Wildman–Crippen MR) is 88.4 cm³/mol. The molecule has 0 fully saturated rings. The normalized spacial score (nSPS) is 10.7. The number of hydrogen-bond donors (Lipinski definition) is 1. The van der Waals surface area contributed by atoms with E-state index >= 15 is 0 Å². The summed E-state index contributed by atoms with van der Waals surface area (Å²) < 4.78 is 5.21. The van der Waals surface area contributed by atoms with Crippen LogP contribution >= 0.6 is 11.3 Å². The van der Waals surface area contributed by atoms with Crippen LogP contribution in [0, 0.1) is 6.92 Å². The number of furan rings is 1. The minimum atomic E-state index is -0.111. The highest BCUT2D eigenvalue weighted by molar-refractivity contribution is 7.13. The Balaban J connectivity index is 1.60. The van der Waals surface area contributed by atoms with Crippen molar-refractivity contribution in [1.29, 1.82) is 0 Å². The third-order valence-corrected chi connectivity index (χ3v) is 4.59. The van der Waals surface area contributed by atoms with Gasteiger partial charge in [-0.2, -0.15) is 0 Å². The number of nitrogens with zero attached hydrogens (tertiary/aromatic N) is 2. The van der Waals surface area contributed by atoms with Crippen molar-refractivity contribution in [2.75, 3.05) is 0 Å². The van der Waals surface area contributed by atoms with Crippen LogP contribution in [0.5, 0.6) is 0 Å². The molecule has 118 valence electrons. The summed E-state index contributed by atoms with van der Waals surface area (Å²) in [5.74, 6) is 0.622. The van der Waals surface area contributed by atoms with E-state index in [9.17, 15) is 4.79 Å². The third kappa shape index (κ3) is 4.04. The van der Waals surface area contributed by atoms with Gasteiger partial charge in [0.2, 0.25) is 0 Å². The van der Waals surface area contributed by atoms with Gasteiger partial charge in [-0.15, -0.1) is 11.3 Å². The minimum Gasteiger partial charge on any atom is -0.467 e. The van der Waals surface area contributed by atoms with Crippen molar-refractivity contribution in [3.05, 3.63) is 69.8 Å². The summed E-state index contributed by atoms with van der Waals surface area (Å²) in [4.78, 5) is 21.7. The van der Waals surface area contributed by atoms with E-state index in [1.165, 1.54) is 11.3 Å². The first-order valence-electron chi connectivity index (χ1n) is 7.39. The number of pyridine rings is 1. The molecule has 3 aromatic rings. The highest BCUT2D eigenvalue weighted by Crippen LogP contribution is 2.19. The molecule has 3 heterocycles.